The molecule has 140 valence electrons. The molecule has 1 saturated heterocycles. The van der Waals surface area contributed by atoms with Gasteiger partial charge in [-0.1, -0.05) is 18.2 Å². The third kappa shape index (κ3) is 6.02. The second-order valence-electron chi connectivity index (χ2n) is 6.01. The molecule has 0 aliphatic carbocycles. The lowest BCUT2D eigenvalue weighted by Gasteiger charge is -2.25. The first-order valence-corrected chi connectivity index (χ1v) is 8.70. The minimum Gasteiger partial charge on any atom is -0.423 e. The zero-order chi connectivity index (χ0) is 18.9. The van der Waals surface area contributed by atoms with E-state index in [1.54, 1.807) is 54.7 Å². The predicted octanol–water partition coefficient (Wildman–Crippen LogP) is 1.69. The van der Waals surface area contributed by atoms with Crippen molar-refractivity contribution < 1.29 is 19.1 Å². The van der Waals surface area contributed by atoms with E-state index in [2.05, 4.69) is 10.5 Å². The molecule has 0 aromatic heterocycles. The van der Waals surface area contributed by atoms with Crippen LogP contribution < -0.4 is 10.2 Å². The Labute approximate surface area is 157 Å². The minimum absolute atomic E-state index is 0.165. The molecule has 7 heteroatoms. The Morgan fingerprint density at radius 3 is 2.48 bits per heavy atom. The molecule has 0 spiro atoms. The van der Waals surface area contributed by atoms with Gasteiger partial charge in [-0.15, -0.1) is 0 Å². The molecule has 2 aromatic carbocycles. The van der Waals surface area contributed by atoms with Gasteiger partial charge in [0, 0.05) is 13.1 Å². The number of amides is 1. The van der Waals surface area contributed by atoms with Gasteiger partial charge in [0.05, 0.1) is 31.5 Å². The van der Waals surface area contributed by atoms with Crippen molar-refractivity contribution in [2.45, 2.75) is 0 Å². The smallest absolute Gasteiger partial charge is 0.343 e. The van der Waals surface area contributed by atoms with Gasteiger partial charge in [0.15, 0.2) is 0 Å². The van der Waals surface area contributed by atoms with E-state index in [0.717, 1.165) is 18.7 Å². The maximum Gasteiger partial charge on any atom is 0.343 e. The normalized spacial score (nSPS) is 14.8. The van der Waals surface area contributed by atoms with Crippen LogP contribution in [0.1, 0.15) is 15.9 Å². The average Bonchev–Trinajstić information content (AvgIpc) is 2.71. The first-order chi connectivity index (χ1) is 13.2. The molecule has 0 radical (unpaired) electrons. The van der Waals surface area contributed by atoms with Gasteiger partial charge >= 0.3 is 5.97 Å². The van der Waals surface area contributed by atoms with E-state index in [0.29, 0.717) is 31.1 Å². The summed E-state index contributed by atoms with van der Waals surface area (Å²) in [5.41, 5.74) is 3.78. The Hall–Kier alpha value is -3.03. The van der Waals surface area contributed by atoms with Crippen LogP contribution in [0.5, 0.6) is 5.75 Å². The third-order valence-electron chi connectivity index (χ3n) is 3.97. The fourth-order valence-electron chi connectivity index (χ4n) is 2.54. The summed E-state index contributed by atoms with van der Waals surface area (Å²) in [6, 6.07) is 15.7. The summed E-state index contributed by atoms with van der Waals surface area (Å²) in [6.07, 6.45) is 1.54. The number of carbonyl (C=O) groups excluding carboxylic acids is 2. The second-order valence-corrected chi connectivity index (χ2v) is 6.01. The Balaban J connectivity index is 1.46. The molecular formula is C20H21N3O4. The molecule has 0 saturated carbocycles. The SMILES string of the molecule is O=C(CN1CCOCC1)N/N=C/c1ccc(OC(=O)c2ccccc2)cc1. The van der Waals surface area contributed by atoms with Crippen LogP contribution in [0.4, 0.5) is 0 Å². The quantitative estimate of drug-likeness (QED) is 0.364. The number of nitrogens with zero attached hydrogens (tertiary/aromatic N) is 2. The molecule has 0 unspecified atom stereocenters. The van der Waals surface area contributed by atoms with E-state index in [-0.39, 0.29) is 5.91 Å². The van der Waals surface area contributed by atoms with Crippen LogP contribution in [0.2, 0.25) is 0 Å². The third-order valence-corrected chi connectivity index (χ3v) is 3.97. The van der Waals surface area contributed by atoms with Crippen molar-refractivity contribution in [3.05, 3.63) is 65.7 Å². The summed E-state index contributed by atoms with van der Waals surface area (Å²) in [6.45, 7) is 3.10. The van der Waals surface area contributed by atoms with E-state index in [9.17, 15) is 9.59 Å². The van der Waals surface area contributed by atoms with Gasteiger partial charge in [0.25, 0.3) is 5.91 Å². The number of hydrazone groups is 1. The molecule has 7 nitrogen and oxygen atoms in total. The molecule has 1 aliphatic rings. The van der Waals surface area contributed by atoms with Gasteiger partial charge in [0.2, 0.25) is 0 Å². The highest BCUT2D eigenvalue weighted by Gasteiger charge is 2.13. The van der Waals surface area contributed by atoms with Gasteiger partial charge in [-0.25, -0.2) is 10.2 Å². The zero-order valence-corrected chi connectivity index (χ0v) is 14.8. The molecule has 1 N–H and O–H groups in total. The lowest BCUT2D eigenvalue weighted by atomic mass is 10.2. The number of rotatable bonds is 6. The molecule has 2 aromatic rings. The second kappa shape index (κ2) is 9.61. The molecule has 3 rings (SSSR count). The first-order valence-electron chi connectivity index (χ1n) is 8.70. The monoisotopic (exact) mass is 367 g/mol. The van der Waals surface area contributed by atoms with Crippen LogP contribution in [0.3, 0.4) is 0 Å². The van der Waals surface area contributed by atoms with Crippen molar-refractivity contribution in [1.29, 1.82) is 0 Å². The highest BCUT2D eigenvalue weighted by atomic mass is 16.5. The summed E-state index contributed by atoms with van der Waals surface area (Å²) in [4.78, 5) is 25.9. The van der Waals surface area contributed by atoms with Gasteiger partial charge < -0.3 is 9.47 Å². The Morgan fingerprint density at radius 1 is 1.07 bits per heavy atom. The number of benzene rings is 2. The van der Waals surface area contributed by atoms with Gasteiger partial charge in [-0.05, 0) is 42.0 Å². The maximum absolute atomic E-state index is 12.0. The van der Waals surface area contributed by atoms with Gasteiger partial charge in [-0.2, -0.15) is 5.10 Å². The first kappa shape index (κ1) is 18.8. The van der Waals surface area contributed by atoms with Crippen LogP contribution >= 0.6 is 0 Å². The Morgan fingerprint density at radius 2 is 1.78 bits per heavy atom. The van der Waals surface area contributed by atoms with Crippen molar-refractivity contribution in [1.82, 2.24) is 10.3 Å². The highest BCUT2D eigenvalue weighted by Crippen LogP contribution is 2.13. The van der Waals surface area contributed by atoms with E-state index >= 15 is 0 Å². The van der Waals surface area contributed by atoms with Gasteiger partial charge in [0.1, 0.15) is 5.75 Å². The number of hydrogen-bond donors (Lipinski definition) is 1. The van der Waals surface area contributed by atoms with E-state index in [1.165, 1.54) is 0 Å². The fraction of sp³-hybridized carbons (Fsp3) is 0.250. The highest BCUT2D eigenvalue weighted by molar-refractivity contribution is 5.91. The summed E-state index contributed by atoms with van der Waals surface area (Å²) in [5.74, 6) is -0.133. The molecule has 1 aliphatic heterocycles. The van der Waals surface area contributed by atoms with Crippen LogP contribution in [0.15, 0.2) is 59.7 Å². The van der Waals surface area contributed by atoms with E-state index < -0.39 is 5.97 Å². The molecular weight excluding hydrogens is 346 g/mol. The maximum atomic E-state index is 12.0. The standard InChI is InChI=1S/C20H21N3O4/c24-19(15-23-10-12-26-13-11-23)22-21-14-16-6-8-18(9-7-16)27-20(25)17-4-2-1-3-5-17/h1-9,14H,10-13,15H2,(H,22,24)/b21-14+. The van der Waals surface area contributed by atoms with Gasteiger partial charge in [-0.3, -0.25) is 9.69 Å². The topological polar surface area (TPSA) is 80.2 Å². The number of morpholine rings is 1. The molecule has 27 heavy (non-hydrogen) atoms. The summed E-state index contributed by atoms with van der Waals surface area (Å²) < 4.78 is 10.6. The Kier molecular flexibility index (Phi) is 6.67. The zero-order valence-electron chi connectivity index (χ0n) is 14.8. The number of carbonyl (C=O) groups is 2. The molecule has 0 atom stereocenters. The Bertz CT molecular complexity index is 785. The van der Waals surface area contributed by atoms with Crippen LogP contribution in [0, 0.1) is 0 Å². The number of ether oxygens (including phenoxy) is 2. The number of esters is 1. The molecule has 0 bridgehead atoms. The molecule has 1 heterocycles. The van der Waals surface area contributed by atoms with Crippen molar-refractivity contribution in [3.63, 3.8) is 0 Å². The summed E-state index contributed by atoms with van der Waals surface area (Å²) >= 11 is 0. The van der Waals surface area contributed by atoms with Crippen LogP contribution in [-0.4, -0.2) is 55.8 Å². The minimum atomic E-state index is -0.410. The van der Waals surface area contributed by atoms with Crippen molar-refractivity contribution in [3.8, 4) is 5.75 Å². The predicted molar refractivity (Wildman–Crippen MR) is 101 cm³/mol. The summed E-state index contributed by atoms with van der Waals surface area (Å²) in [7, 11) is 0. The number of nitrogens with one attached hydrogen (secondary N) is 1. The number of hydrogen-bond acceptors (Lipinski definition) is 6. The average molecular weight is 367 g/mol. The fourth-order valence-corrected chi connectivity index (χ4v) is 2.54. The summed E-state index contributed by atoms with van der Waals surface area (Å²) in [5, 5.41) is 3.96. The molecule has 1 amide bonds. The van der Waals surface area contributed by atoms with Crippen molar-refractivity contribution >= 4 is 18.1 Å². The van der Waals surface area contributed by atoms with E-state index in [4.69, 9.17) is 9.47 Å². The lowest BCUT2D eigenvalue weighted by Crippen LogP contribution is -2.42. The van der Waals surface area contributed by atoms with Crippen LogP contribution in [-0.2, 0) is 9.53 Å². The van der Waals surface area contributed by atoms with Crippen molar-refractivity contribution in [2.75, 3.05) is 32.8 Å². The van der Waals surface area contributed by atoms with Crippen molar-refractivity contribution in [2.24, 2.45) is 5.10 Å². The lowest BCUT2D eigenvalue weighted by molar-refractivity contribution is -0.123. The largest absolute Gasteiger partial charge is 0.423 e. The molecule has 1 fully saturated rings. The van der Waals surface area contributed by atoms with Crippen LogP contribution in [0.25, 0.3) is 0 Å². The van der Waals surface area contributed by atoms with E-state index in [1.807, 2.05) is 11.0 Å².